The number of amides is 1. The number of nitrogens with zero attached hydrogens (tertiary/aromatic N) is 1. The van der Waals surface area contributed by atoms with Crippen LogP contribution in [0.25, 0.3) is 0 Å². The number of carbonyl (C=O) groups excluding carboxylic acids is 1. The summed E-state index contributed by atoms with van der Waals surface area (Å²) in [6, 6.07) is 9.85. The molecule has 1 amide bonds. The van der Waals surface area contributed by atoms with E-state index >= 15 is 0 Å². The molecule has 0 bridgehead atoms. The molecule has 2 N–H and O–H groups in total. The van der Waals surface area contributed by atoms with Gasteiger partial charge >= 0.3 is 6.18 Å². The molecule has 1 aliphatic rings. The molecular formula is C18H17F3N2O. The minimum Gasteiger partial charge on any atom is -0.399 e. The summed E-state index contributed by atoms with van der Waals surface area (Å²) in [5, 5.41) is 0. The first kappa shape index (κ1) is 16.4. The van der Waals surface area contributed by atoms with E-state index in [1.54, 1.807) is 12.1 Å². The molecule has 1 heterocycles. The summed E-state index contributed by atoms with van der Waals surface area (Å²) < 4.78 is 38.1. The molecule has 3 rings (SSSR count). The number of hydrogen-bond acceptors (Lipinski definition) is 2. The Morgan fingerprint density at radius 1 is 1.08 bits per heavy atom. The maximum absolute atomic E-state index is 12.8. The van der Waals surface area contributed by atoms with Gasteiger partial charge < -0.3 is 10.6 Å². The van der Waals surface area contributed by atoms with Crippen LogP contribution in [0, 0.1) is 0 Å². The first-order valence-corrected chi connectivity index (χ1v) is 7.49. The number of nitrogen functional groups attached to an aromatic ring is 1. The molecule has 0 saturated carbocycles. The molecule has 3 nitrogen and oxygen atoms in total. The highest BCUT2D eigenvalue weighted by Crippen LogP contribution is 2.37. The number of hydrogen-bond donors (Lipinski definition) is 1. The summed E-state index contributed by atoms with van der Waals surface area (Å²) in [7, 11) is 0. The normalized spacial score (nSPS) is 16.9. The van der Waals surface area contributed by atoms with Gasteiger partial charge in [-0.25, -0.2) is 0 Å². The van der Waals surface area contributed by atoms with Crippen molar-refractivity contribution >= 4 is 17.3 Å². The SMILES string of the molecule is CC1(C)CN(c2ccc(C(F)(F)F)cc2)C(=O)c2cc(N)ccc21. The summed E-state index contributed by atoms with van der Waals surface area (Å²) in [5.74, 6) is -0.253. The number of halogens is 3. The molecule has 2 aromatic carbocycles. The van der Waals surface area contributed by atoms with Gasteiger partial charge in [0.1, 0.15) is 0 Å². The molecule has 0 radical (unpaired) electrons. The number of fused-ring (bicyclic) bond motifs is 1. The van der Waals surface area contributed by atoms with E-state index in [1.165, 1.54) is 17.0 Å². The third-order valence-electron chi connectivity index (χ3n) is 4.31. The standard InChI is InChI=1S/C18H17F3N2O/c1-17(2)10-23(13-6-3-11(4-7-13)18(19,20)21)16(24)14-9-12(22)5-8-15(14)17/h3-9H,10,22H2,1-2H3. The Morgan fingerprint density at radius 3 is 2.29 bits per heavy atom. The van der Waals surface area contributed by atoms with Crippen molar-refractivity contribution in [3.8, 4) is 0 Å². The van der Waals surface area contributed by atoms with Crippen LogP contribution in [0.2, 0.25) is 0 Å². The zero-order chi connectivity index (χ0) is 17.7. The van der Waals surface area contributed by atoms with E-state index in [-0.39, 0.29) is 11.3 Å². The third-order valence-corrected chi connectivity index (χ3v) is 4.31. The Morgan fingerprint density at radius 2 is 1.71 bits per heavy atom. The lowest BCUT2D eigenvalue weighted by molar-refractivity contribution is -0.137. The molecule has 24 heavy (non-hydrogen) atoms. The predicted molar refractivity (Wildman–Crippen MR) is 87.0 cm³/mol. The molecular weight excluding hydrogens is 317 g/mol. The quantitative estimate of drug-likeness (QED) is 0.794. The van der Waals surface area contributed by atoms with Crippen molar-refractivity contribution in [3.63, 3.8) is 0 Å². The summed E-state index contributed by atoms with van der Waals surface area (Å²) in [5.41, 5.74) is 7.02. The Kier molecular flexibility index (Phi) is 3.59. The van der Waals surface area contributed by atoms with Crippen LogP contribution < -0.4 is 10.6 Å². The van der Waals surface area contributed by atoms with Crippen LogP contribution in [-0.2, 0) is 11.6 Å². The molecule has 0 spiro atoms. The lowest BCUT2D eigenvalue weighted by Gasteiger charge is -2.39. The average molecular weight is 334 g/mol. The highest BCUT2D eigenvalue weighted by Gasteiger charge is 2.37. The molecule has 0 atom stereocenters. The van der Waals surface area contributed by atoms with Crippen LogP contribution >= 0.6 is 0 Å². The molecule has 0 unspecified atom stereocenters. The van der Waals surface area contributed by atoms with Crippen LogP contribution in [0.15, 0.2) is 42.5 Å². The smallest absolute Gasteiger partial charge is 0.399 e. The molecule has 2 aromatic rings. The Labute approximate surface area is 137 Å². The maximum Gasteiger partial charge on any atom is 0.416 e. The fourth-order valence-electron chi connectivity index (χ4n) is 3.07. The van der Waals surface area contributed by atoms with Crippen molar-refractivity contribution in [3.05, 3.63) is 59.2 Å². The lowest BCUT2D eigenvalue weighted by atomic mass is 9.77. The number of benzene rings is 2. The summed E-state index contributed by atoms with van der Waals surface area (Å²) in [4.78, 5) is 14.3. The average Bonchev–Trinajstić information content (AvgIpc) is 2.50. The second-order valence-corrected chi connectivity index (χ2v) is 6.62. The maximum atomic E-state index is 12.8. The highest BCUT2D eigenvalue weighted by molar-refractivity contribution is 6.09. The van der Waals surface area contributed by atoms with Crippen molar-refractivity contribution in [2.45, 2.75) is 25.4 Å². The van der Waals surface area contributed by atoms with Crippen LogP contribution in [0.5, 0.6) is 0 Å². The Balaban J connectivity index is 2.03. The van der Waals surface area contributed by atoms with Gasteiger partial charge in [-0.2, -0.15) is 13.2 Å². The van der Waals surface area contributed by atoms with Gasteiger partial charge in [0.15, 0.2) is 0 Å². The molecule has 0 aliphatic carbocycles. The zero-order valence-corrected chi connectivity index (χ0v) is 13.3. The minimum atomic E-state index is -4.40. The summed E-state index contributed by atoms with van der Waals surface area (Å²) >= 11 is 0. The zero-order valence-electron chi connectivity index (χ0n) is 13.3. The Hall–Kier alpha value is -2.50. The topological polar surface area (TPSA) is 46.3 Å². The van der Waals surface area contributed by atoms with Gasteiger partial charge in [0, 0.05) is 28.9 Å². The molecule has 1 aliphatic heterocycles. The van der Waals surface area contributed by atoms with Crippen LogP contribution in [0.3, 0.4) is 0 Å². The second kappa shape index (κ2) is 5.26. The molecule has 0 saturated heterocycles. The fourth-order valence-corrected chi connectivity index (χ4v) is 3.07. The van der Waals surface area contributed by atoms with E-state index in [9.17, 15) is 18.0 Å². The van der Waals surface area contributed by atoms with E-state index in [2.05, 4.69) is 0 Å². The number of carbonyl (C=O) groups is 1. The van der Waals surface area contributed by atoms with Crippen molar-refractivity contribution in [2.24, 2.45) is 0 Å². The van der Waals surface area contributed by atoms with Crippen LogP contribution in [0.4, 0.5) is 24.5 Å². The third kappa shape index (κ3) is 2.72. The van der Waals surface area contributed by atoms with Gasteiger partial charge in [-0.05, 0) is 42.0 Å². The molecule has 126 valence electrons. The number of nitrogens with two attached hydrogens (primary N) is 1. The van der Waals surface area contributed by atoms with Gasteiger partial charge in [-0.1, -0.05) is 19.9 Å². The fraction of sp³-hybridized carbons (Fsp3) is 0.278. The summed E-state index contributed by atoms with van der Waals surface area (Å²) in [6.45, 7) is 4.37. The van der Waals surface area contributed by atoms with E-state index in [0.717, 1.165) is 17.7 Å². The van der Waals surface area contributed by atoms with Gasteiger partial charge in [-0.15, -0.1) is 0 Å². The van der Waals surface area contributed by atoms with Crippen molar-refractivity contribution in [1.82, 2.24) is 0 Å². The van der Waals surface area contributed by atoms with Gasteiger partial charge in [0.25, 0.3) is 5.91 Å². The van der Waals surface area contributed by atoms with Gasteiger partial charge in [0.2, 0.25) is 0 Å². The minimum absolute atomic E-state index is 0.253. The first-order valence-electron chi connectivity index (χ1n) is 7.49. The van der Waals surface area contributed by atoms with Gasteiger partial charge in [-0.3, -0.25) is 4.79 Å². The van der Waals surface area contributed by atoms with E-state index in [4.69, 9.17) is 5.73 Å². The molecule has 0 fully saturated rings. The van der Waals surface area contributed by atoms with Crippen molar-refractivity contribution < 1.29 is 18.0 Å². The Bertz CT molecular complexity index is 795. The number of alkyl halides is 3. The van der Waals surface area contributed by atoms with Crippen molar-refractivity contribution in [2.75, 3.05) is 17.2 Å². The van der Waals surface area contributed by atoms with Crippen LogP contribution in [0.1, 0.15) is 35.3 Å². The first-order chi connectivity index (χ1) is 11.1. The van der Waals surface area contributed by atoms with Crippen LogP contribution in [-0.4, -0.2) is 12.5 Å². The monoisotopic (exact) mass is 334 g/mol. The second-order valence-electron chi connectivity index (χ2n) is 6.62. The number of rotatable bonds is 1. The van der Waals surface area contributed by atoms with Crippen molar-refractivity contribution in [1.29, 1.82) is 0 Å². The summed E-state index contributed by atoms with van der Waals surface area (Å²) in [6.07, 6.45) is -4.40. The predicted octanol–water partition coefficient (Wildman–Crippen LogP) is 4.23. The van der Waals surface area contributed by atoms with E-state index in [0.29, 0.717) is 23.5 Å². The highest BCUT2D eigenvalue weighted by atomic mass is 19.4. The molecule has 6 heteroatoms. The number of anilines is 2. The van der Waals surface area contributed by atoms with Gasteiger partial charge in [0.05, 0.1) is 5.56 Å². The lowest BCUT2D eigenvalue weighted by Crippen LogP contribution is -2.47. The van der Waals surface area contributed by atoms with E-state index in [1.807, 2.05) is 19.9 Å². The van der Waals surface area contributed by atoms with E-state index < -0.39 is 11.7 Å². The molecule has 0 aromatic heterocycles. The largest absolute Gasteiger partial charge is 0.416 e.